The Morgan fingerprint density at radius 2 is 2.21 bits per heavy atom. The van der Waals surface area contributed by atoms with E-state index in [1.54, 1.807) is 11.3 Å². The molecule has 0 radical (unpaired) electrons. The number of nitrogens with one attached hydrogen (secondary N) is 1. The highest BCUT2D eigenvalue weighted by Crippen LogP contribution is 2.36. The largest absolute Gasteiger partial charge is 0.371 e. The van der Waals surface area contributed by atoms with Gasteiger partial charge in [-0.1, -0.05) is 30.3 Å². The number of nitrogens with zero attached hydrogens (tertiary/aromatic N) is 1. The fourth-order valence-corrected chi connectivity index (χ4v) is 3.57. The van der Waals surface area contributed by atoms with Crippen molar-refractivity contribution in [2.75, 3.05) is 13.7 Å². The lowest BCUT2D eigenvalue weighted by Gasteiger charge is -2.03. The summed E-state index contributed by atoms with van der Waals surface area (Å²) in [6, 6.07) is 10.4. The molecule has 1 fully saturated rings. The third kappa shape index (κ3) is 2.71. The van der Waals surface area contributed by atoms with Gasteiger partial charge >= 0.3 is 0 Å². The fraction of sp³-hybridized carbons (Fsp3) is 0.400. The van der Waals surface area contributed by atoms with Crippen molar-refractivity contribution in [1.82, 2.24) is 10.3 Å². The highest BCUT2D eigenvalue weighted by Gasteiger charge is 2.23. The zero-order valence-corrected chi connectivity index (χ0v) is 11.9. The van der Waals surface area contributed by atoms with Gasteiger partial charge in [-0.2, -0.15) is 0 Å². The highest BCUT2D eigenvalue weighted by molar-refractivity contribution is 7.12. The standard InChI is InChI=1S/C15H18N2OS/c1-16-10-13-14(11-6-3-2-4-7-11)17-15(19-13)12-8-5-9-18-12/h2-4,6-7,12,16H,5,8-10H2,1H3. The number of thiazole rings is 1. The summed E-state index contributed by atoms with van der Waals surface area (Å²) in [6.45, 7) is 1.72. The molecule has 19 heavy (non-hydrogen) atoms. The van der Waals surface area contributed by atoms with E-state index in [2.05, 4.69) is 29.6 Å². The smallest absolute Gasteiger partial charge is 0.123 e. The van der Waals surface area contributed by atoms with Gasteiger partial charge in [0.2, 0.25) is 0 Å². The molecule has 1 aromatic carbocycles. The Morgan fingerprint density at radius 3 is 2.89 bits per heavy atom. The van der Waals surface area contributed by atoms with Crippen LogP contribution >= 0.6 is 11.3 Å². The van der Waals surface area contributed by atoms with Crippen molar-refractivity contribution in [1.29, 1.82) is 0 Å². The van der Waals surface area contributed by atoms with Crippen molar-refractivity contribution >= 4 is 11.3 Å². The lowest BCUT2D eigenvalue weighted by Crippen LogP contribution is -2.04. The molecule has 1 aliphatic heterocycles. The van der Waals surface area contributed by atoms with Crippen LogP contribution in [0.25, 0.3) is 11.3 Å². The summed E-state index contributed by atoms with van der Waals surface area (Å²) in [7, 11) is 1.97. The number of ether oxygens (including phenoxy) is 1. The van der Waals surface area contributed by atoms with Crippen molar-refractivity contribution < 1.29 is 4.74 Å². The number of rotatable bonds is 4. The second-order valence-electron chi connectivity index (χ2n) is 4.72. The Bertz CT molecular complexity index is 532. The Balaban J connectivity index is 1.97. The fourth-order valence-electron chi connectivity index (χ4n) is 2.38. The van der Waals surface area contributed by atoms with Gasteiger partial charge in [-0.15, -0.1) is 11.3 Å². The molecule has 3 rings (SSSR count). The van der Waals surface area contributed by atoms with Crippen molar-refractivity contribution in [2.45, 2.75) is 25.5 Å². The Labute approximate surface area is 117 Å². The third-order valence-electron chi connectivity index (χ3n) is 3.30. The minimum absolute atomic E-state index is 0.207. The Kier molecular flexibility index (Phi) is 3.92. The molecule has 0 spiro atoms. The van der Waals surface area contributed by atoms with Gasteiger partial charge in [-0.25, -0.2) is 4.98 Å². The molecular formula is C15H18N2OS. The van der Waals surface area contributed by atoms with Crippen molar-refractivity contribution in [3.63, 3.8) is 0 Å². The van der Waals surface area contributed by atoms with E-state index in [1.807, 2.05) is 13.1 Å². The van der Waals surface area contributed by atoms with Crippen LogP contribution in [0.1, 0.15) is 28.8 Å². The summed E-state index contributed by atoms with van der Waals surface area (Å²) in [6.07, 6.45) is 2.45. The number of aromatic nitrogens is 1. The van der Waals surface area contributed by atoms with E-state index < -0.39 is 0 Å². The molecule has 1 saturated heterocycles. The normalized spacial score (nSPS) is 18.9. The molecule has 1 aromatic heterocycles. The highest BCUT2D eigenvalue weighted by atomic mass is 32.1. The third-order valence-corrected chi connectivity index (χ3v) is 4.45. The van der Waals surface area contributed by atoms with Crippen LogP contribution in [0, 0.1) is 0 Å². The summed E-state index contributed by atoms with van der Waals surface area (Å²) in [5.74, 6) is 0. The monoisotopic (exact) mass is 274 g/mol. The predicted octanol–water partition coefficient (Wildman–Crippen LogP) is 3.38. The molecule has 4 heteroatoms. The van der Waals surface area contributed by atoms with Crippen LogP contribution in [0.2, 0.25) is 0 Å². The molecule has 3 nitrogen and oxygen atoms in total. The number of hydrogen-bond acceptors (Lipinski definition) is 4. The first-order valence-corrected chi connectivity index (χ1v) is 7.51. The summed E-state index contributed by atoms with van der Waals surface area (Å²) in [5, 5.41) is 4.35. The van der Waals surface area contributed by atoms with E-state index in [4.69, 9.17) is 9.72 Å². The summed E-state index contributed by atoms with van der Waals surface area (Å²) in [5.41, 5.74) is 2.29. The Hall–Kier alpha value is -1.23. The topological polar surface area (TPSA) is 34.1 Å². The van der Waals surface area contributed by atoms with Crippen LogP contribution in [0.3, 0.4) is 0 Å². The van der Waals surface area contributed by atoms with Gasteiger partial charge in [0, 0.05) is 23.6 Å². The van der Waals surface area contributed by atoms with E-state index in [1.165, 1.54) is 10.4 Å². The molecular weight excluding hydrogens is 256 g/mol. The van der Waals surface area contributed by atoms with Crippen molar-refractivity contribution in [3.8, 4) is 11.3 Å². The van der Waals surface area contributed by atoms with E-state index in [0.29, 0.717) is 0 Å². The number of hydrogen-bond donors (Lipinski definition) is 1. The van der Waals surface area contributed by atoms with Crippen LogP contribution in [0.5, 0.6) is 0 Å². The lowest BCUT2D eigenvalue weighted by molar-refractivity contribution is 0.112. The summed E-state index contributed by atoms with van der Waals surface area (Å²) in [4.78, 5) is 6.13. The maximum Gasteiger partial charge on any atom is 0.123 e. The average Bonchev–Trinajstić information content (AvgIpc) is 3.08. The maximum atomic E-state index is 5.75. The minimum atomic E-state index is 0.207. The zero-order valence-electron chi connectivity index (χ0n) is 11.1. The van der Waals surface area contributed by atoms with Crippen LogP contribution in [-0.2, 0) is 11.3 Å². The van der Waals surface area contributed by atoms with Gasteiger partial charge in [-0.05, 0) is 19.9 Å². The van der Waals surface area contributed by atoms with Crippen LogP contribution in [0.15, 0.2) is 30.3 Å². The molecule has 1 atom stereocenters. The van der Waals surface area contributed by atoms with Crippen LogP contribution < -0.4 is 5.32 Å². The molecule has 1 unspecified atom stereocenters. The summed E-state index contributed by atoms with van der Waals surface area (Å²) < 4.78 is 5.75. The van der Waals surface area contributed by atoms with Gasteiger partial charge < -0.3 is 10.1 Å². The molecule has 1 N–H and O–H groups in total. The summed E-state index contributed by atoms with van der Waals surface area (Å²) >= 11 is 1.78. The molecule has 2 heterocycles. The lowest BCUT2D eigenvalue weighted by atomic mass is 10.1. The first-order valence-electron chi connectivity index (χ1n) is 6.69. The second kappa shape index (κ2) is 5.82. The van der Waals surface area contributed by atoms with E-state index in [0.717, 1.165) is 36.7 Å². The molecule has 100 valence electrons. The minimum Gasteiger partial charge on any atom is -0.371 e. The van der Waals surface area contributed by atoms with Crippen molar-refractivity contribution in [3.05, 3.63) is 40.2 Å². The molecule has 1 aliphatic rings. The van der Waals surface area contributed by atoms with E-state index in [-0.39, 0.29) is 6.10 Å². The van der Waals surface area contributed by atoms with Gasteiger partial charge in [0.1, 0.15) is 11.1 Å². The molecule has 0 amide bonds. The predicted molar refractivity (Wildman–Crippen MR) is 78.2 cm³/mol. The number of benzene rings is 1. The molecule has 0 saturated carbocycles. The molecule has 2 aromatic rings. The quantitative estimate of drug-likeness (QED) is 0.928. The van der Waals surface area contributed by atoms with E-state index in [9.17, 15) is 0 Å². The van der Waals surface area contributed by atoms with Gasteiger partial charge in [0.15, 0.2) is 0 Å². The first-order chi connectivity index (χ1) is 9.38. The average molecular weight is 274 g/mol. The van der Waals surface area contributed by atoms with Crippen LogP contribution in [0.4, 0.5) is 0 Å². The second-order valence-corrected chi connectivity index (χ2v) is 5.84. The zero-order chi connectivity index (χ0) is 13.1. The first kappa shape index (κ1) is 12.8. The van der Waals surface area contributed by atoms with Gasteiger partial charge in [0.25, 0.3) is 0 Å². The molecule has 0 aliphatic carbocycles. The van der Waals surface area contributed by atoms with E-state index >= 15 is 0 Å². The van der Waals surface area contributed by atoms with Gasteiger partial charge in [-0.3, -0.25) is 0 Å². The SMILES string of the molecule is CNCc1sc(C2CCCO2)nc1-c1ccccc1. The van der Waals surface area contributed by atoms with Crippen molar-refractivity contribution in [2.24, 2.45) is 0 Å². The molecule has 0 bridgehead atoms. The maximum absolute atomic E-state index is 5.75. The van der Waals surface area contributed by atoms with Crippen LogP contribution in [-0.4, -0.2) is 18.6 Å². The Morgan fingerprint density at radius 1 is 1.37 bits per heavy atom. The van der Waals surface area contributed by atoms with Gasteiger partial charge in [0.05, 0.1) is 5.69 Å².